The lowest BCUT2D eigenvalue weighted by Gasteiger charge is -2.43. The molecule has 0 aliphatic carbocycles. The van der Waals surface area contributed by atoms with Crippen LogP contribution in [0.1, 0.15) is 38.3 Å². The molecule has 0 saturated carbocycles. The van der Waals surface area contributed by atoms with Crippen LogP contribution in [0.5, 0.6) is 0 Å². The van der Waals surface area contributed by atoms with E-state index >= 15 is 0 Å². The molecule has 0 spiro atoms. The van der Waals surface area contributed by atoms with E-state index in [-0.39, 0.29) is 5.82 Å². The van der Waals surface area contributed by atoms with Crippen LogP contribution in [0.3, 0.4) is 0 Å². The highest BCUT2D eigenvalue weighted by molar-refractivity contribution is 5.27. The summed E-state index contributed by atoms with van der Waals surface area (Å²) in [6.07, 6.45) is 1.18. The summed E-state index contributed by atoms with van der Waals surface area (Å²) in [6.45, 7) is 12.8. The van der Waals surface area contributed by atoms with Crippen LogP contribution in [0.4, 0.5) is 4.39 Å². The molecule has 1 aromatic carbocycles. The summed E-state index contributed by atoms with van der Waals surface area (Å²) in [5.74, 6) is -0.0876. The van der Waals surface area contributed by atoms with E-state index in [1.807, 2.05) is 19.1 Å². The first-order chi connectivity index (χ1) is 9.52. The van der Waals surface area contributed by atoms with Crippen molar-refractivity contribution in [1.29, 1.82) is 0 Å². The van der Waals surface area contributed by atoms with E-state index in [0.717, 1.165) is 37.3 Å². The van der Waals surface area contributed by atoms with Gasteiger partial charge in [-0.25, -0.2) is 4.39 Å². The average molecular weight is 278 g/mol. The second-order valence-electron chi connectivity index (χ2n) is 6.15. The first-order valence-electron chi connectivity index (χ1n) is 7.75. The Morgan fingerprint density at radius 1 is 1.30 bits per heavy atom. The number of halogens is 1. The van der Waals surface area contributed by atoms with Crippen molar-refractivity contribution in [1.82, 2.24) is 9.80 Å². The fourth-order valence-electron chi connectivity index (χ4n) is 3.19. The fraction of sp³-hybridized carbons (Fsp3) is 0.647. The van der Waals surface area contributed by atoms with Gasteiger partial charge < -0.3 is 0 Å². The fourth-order valence-corrected chi connectivity index (χ4v) is 3.19. The summed E-state index contributed by atoms with van der Waals surface area (Å²) < 4.78 is 13.6. The largest absolute Gasteiger partial charge is 0.296 e. The molecule has 0 N–H and O–H groups in total. The van der Waals surface area contributed by atoms with E-state index in [9.17, 15) is 4.39 Å². The number of hydrogen-bond acceptors (Lipinski definition) is 2. The molecule has 1 fully saturated rings. The zero-order valence-corrected chi connectivity index (χ0v) is 13.2. The molecule has 1 saturated heterocycles. The normalized spacial score (nSPS) is 21.6. The Labute approximate surface area is 122 Å². The maximum atomic E-state index is 13.6. The molecular formula is C17H27FN2. The first-order valence-corrected chi connectivity index (χ1v) is 7.75. The summed E-state index contributed by atoms with van der Waals surface area (Å²) in [5, 5.41) is 0. The lowest BCUT2D eigenvalue weighted by atomic mass is 10.0. The van der Waals surface area contributed by atoms with Gasteiger partial charge in [-0.05, 0) is 44.4 Å². The van der Waals surface area contributed by atoms with Crippen molar-refractivity contribution in [2.75, 3.05) is 19.6 Å². The van der Waals surface area contributed by atoms with E-state index in [2.05, 4.69) is 30.6 Å². The summed E-state index contributed by atoms with van der Waals surface area (Å²) >= 11 is 0. The molecule has 0 bridgehead atoms. The summed E-state index contributed by atoms with van der Waals surface area (Å²) in [4.78, 5) is 5.06. The Bertz CT molecular complexity index is 445. The van der Waals surface area contributed by atoms with Crippen LogP contribution in [-0.2, 0) is 6.54 Å². The maximum Gasteiger partial charge on any atom is 0.126 e. The minimum atomic E-state index is -0.0876. The highest BCUT2D eigenvalue weighted by Crippen LogP contribution is 2.20. The van der Waals surface area contributed by atoms with E-state index < -0.39 is 0 Å². The Morgan fingerprint density at radius 2 is 2.05 bits per heavy atom. The highest BCUT2D eigenvalue weighted by Gasteiger charge is 2.27. The molecule has 2 nitrogen and oxygen atoms in total. The summed E-state index contributed by atoms with van der Waals surface area (Å²) in [7, 11) is 0. The van der Waals surface area contributed by atoms with Gasteiger partial charge in [0.1, 0.15) is 5.82 Å². The molecule has 20 heavy (non-hydrogen) atoms. The van der Waals surface area contributed by atoms with Crippen LogP contribution < -0.4 is 0 Å². The number of benzene rings is 1. The minimum Gasteiger partial charge on any atom is -0.296 e. The third-order valence-electron chi connectivity index (χ3n) is 4.52. The molecule has 0 aromatic heterocycles. The van der Waals surface area contributed by atoms with Crippen LogP contribution >= 0.6 is 0 Å². The van der Waals surface area contributed by atoms with E-state index in [0.29, 0.717) is 12.1 Å². The molecule has 0 radical (unpaired) electrons. The van der Waals surface area contributed by atoms with Crippen molar-refractivity contribution in [2.45, 2.75) is 52.7 Å². The van der Waals surface area contributed by atoms with E-state index in [1.165, 1.54) is 6.42 Å². The lowest BCUT2D eigenvalue weighted by molar-refractivity contribution is 0.0455. The molecule has 1 aliphatic rings. The standard InChI is InChI=1S/C17H27FN2/c1-5-16-12-19(9-10-20(16)13(2)3)11-15-7-6-8-17(18)14(15)4/h6-8,13,16H,5,9-12H2,1-4H3/t16-/m1/s1. The van der Waals surface area contributed by atoms with Gasteiger partial charge in [-0.3, -0.25) is 9.80 Å². The van der Waals surface area contributed by atoms with Crippen molar-refractivity contribution in [3.8, 4) is 0 Å². The van der Waals surface area contributed by atoms with E-state index in [1.54, 1.807) is 6.07 Å². The molecule has 0 amide bonds. The van der Waals surface area contributed by atoms with Crippen molar-refractivity contribution in [2.24, 2.45) is 0 Å². The topological polar surface area (TPSA) is 6.48 Å². The van der Waals surface area contributed by atoms with Gasteiger partial charge in [-0.2, -0.15) is 0 Å². The molecule has 0 unspecified atom stereocenters. The van der Waals surface area contributed by atoms with Gasteiger partial charge in [-0.1, -0.05) is 19.1 Å². The van der Waals surface area contributed by atoms with Crippen LogP contribution in [0, 0.1) is 12.7 Å². The van der Waals surface area contributed by atoms with Gasteiger partial charge in [-0.15, -0.1) is 0 Å². The second-order valence-corrected chi connectivity index (χ2v) is 6.15. The summed E-state index contributed by atoms with van der Waals surface area (Å²) in [5.41, 5.74) is 1.92. The lowest BCUT2D eigenvalue weighted by Crippen LogP contribution is -2.54. The molecule has 1 aliphatic heterocycles. The van der Waals surface area contributed by atoms with Crippen molar-refractivity contribution < 1.29 is 4.39 Å². The van der Waals surface area contributed by atoms with Crippen molar-refractivity contribution >= 4 is 0 Å². The predicted molar refractivity (Wildman–Crippen MR) is 82.3 cm³/mol. The second kappa shape index (κ2) is 6.68. The zero-order chi connectivity index (χ0) is 14.7. The molecular weight excluding hydrogens is 251 g/mol. The number of nitrogens with zero attached hydrogens (tertiary/aromatic N) is 2. The number of piperazine rings is 1. The quantitative estimate of drug-likeness (QED) is 0.832. The van der Waals surface area contributed by atoms with E-state index in [4.69, 9.17) is 0 Å². The van der Waals surface area contributed by atoms with Gasteiger partial charge in [0, 0.05) is 38.3 Å². The molecule has 112 valence electrons. The zero-order valence-electron chi connectivity index (χ0n) is 13.2. The highest BCUT2D eigenvalue weighted by atomic mass is 19.1. The average Bonchev–Trinajstić information content (AvgIpc) is 2.43. The molecule has 2 rings (SSSR count). The molecule has 1 aromatic rings. The smallest absolute Gasteiger partial charge is 0.126 e. The Kier molecular flexibility index (Phi) is 5.17. The monoisotopic (exact) mass is 278 g/mol. The van der Waals surface area contributed by atoms with Gasteiger partial charge in [0.2, 0.25) is 0 Å². The summed E-state index contributed by atoms with van der Waals surface area (Å²) in [6, 6.07) is 6.65. The minimum absolute atomic E-state index is 0.0876. The van der Waals surface area contributed by atoms with Crippen LogP contribution in [0.2, 0.25) is 0 Å². The molecule has 1 atom stereocenters. The van der Waals surface area contributed by atoms with Crippen LogP contribution in [0.15, 0.2) is 18.2 Å². The maximum absolute atomic E-state index is 13.6. The third-order valence-corrected chi connectivity index (χ3v) is 4.52. The van der Waals surface area contributed by atoms with Gasteiger partial charge in [0.05, 0.1) is 0 Å². The van der Waals surface area contributed by atoms with Gasteiger partial charge in [0.15, 0.2) is 0 Å². The van der Waals surface area contributed by atoms with Gasteiger partial charge in [0.25, 0.3) is 0 Å². The van der Waals surface area contributed by atoms with Gasteiger partial charge >= 0.3 is 0 Å². The number of hydrogen-bond donors (Lipinski definition) is 0. The SMILES string of the molecule is CC[C@@H]1CN(Cc2cccc(F)c2C)CCN1C(C)C. The molecule has 1 heterocycles. The molecule has 3 heteroatoms. The Hall–Kier alpha value is -0.930. The van der Waals surface area contributed by atoms with Crippen LogP contribution in [0.25, 0.3) is 0 Å². The van der Waals surface area contributed by atoms with Crippen LogP contribution in [-0.4, -0.2) is 41.5 Å². The third kappa shape index (κ3) is 3.39. The first kappa shape index (κ1) is 15.5. The number of rotatable bonds is 4. The Morgan fingerprint density at radius 3 is 2.70 bits per heavy atom. The van der Waals surface area contributed by atoms with Crippen molar-refractivity contribution in [3.05, 3.63) is 35.1 Å². The van der Waals surface area contributed by atoms with Crippen molar-refractivity contribution in [3.63, 3.8) is 0 Å². The Balaban J connectivity index is 2.03. The predicted octanol–water partition coefficient (Wildman–Crippen LogP) is 3.44.